The van der Waals surface area contributed by atoms with E-state index >= 15 is 0 Å². The molecule has 1 unspecified atom stereocenters. The van der Waals surface area contributed by atoms with Gasteiger partial charge in [0.15, 0.2) is 0 Å². The number of amides is 1. The Bertz CT molecular complexity index is 403. The lowest BCUT2D eigenvalue weighted by molar-refractivity contribution is -0.131. The Kier molecular flexibility index (Phi) is 7.09. The van der Waals surface area contributed by atoms with Crippen molar-refractivity contribution in [1.82, 2.24) is 4.90 Å². The van der Waals surface area contributed by atoms with Gasteiger partial charge in [0.25, 0.3) is 0 Å². The maximum Gasteiger partial charge on any atom is 0.222 e. The van der Waals surface area contributed by atoms with E-state index < -0.39 is 0 Å². The highest BCUT2D eigenvalue weighted by molar-refractivity contribution is 5.76. The summed E-state index contributed by atoms with van der Waals surface area (Å²) in [6, 6.07) is 7.84. The van der Waals surface area contributed by atoms with Crippen LogP contribution in [0.15, 0.2) is 24.3 Å². The molecule has 0 spiro atoms. The number of nitrogens with two attached hydrogens (primary N) is 1. The molecule has 1 aromatic rings. The number of nitrogens with zero attached hydrogens (tertiary/aromatic N) is 1. The third kappa shape index (κ3) is 5.21. The minimum atomic E-state index is 0.198. The van der Waals surface area contributed by atoms with Crippen LogP contribution in [0.3, 0.4) is 0 Å². The number of hydrogen-bond donors (Lipinski definition) is 1. The van der Waals surface area contributed by atoms with Gasteiger partial charge in [-0.25, -0.2) is 0 Å². The molecule has 0 fully saturated rings. The first-order valence-electron chi connectivity index (χ1n) is 7.21. The number of hydrogen-bond acceptors (Lipinski definition) is 3. The fourth-order valence-corrected chi connectivity index (χ4v) is 1.97. The molecular formula is C16H26N2O2. The van der Waals surface area contributed by atoms with E-state index in [4.69, 9.17) is 10.5 Å². The molecule has 0 aliphatic rings. The first-order valence-corrected chi connectivity index (χ1v) is 7.21. The van der Waals surface area contributed by atoms with Gasteiger partial charge in [-0.1, -0.05) is 19.1 Å². The van der Waals surface area contributed by atoms with E-state index in [2.05, 4.69) is 6.92 Å². The molecule has 0 aromatic heterocycles. The molecule has 0 radical (unpaired) electrons. The summed E-state index contributed by atoms with van der Waals surface area (Å²) in [7, 11) is 1.65. The second kappa shape index (κ2) is 8.59. The maximum absolute atomic E-state index is 12.2. The van der Waals surface area contributed by atoms with E-state index in [9.17, 15) is 4.79 Å². The molecule has 1 amide bonds. The predicted molar refractivity (Wildman–Crippen MR) is 81.5 cm³/mol. The highest BCUT2D eigenvalue weighted by Crippen LogP contribution is 2.14. The van der Waals surface area contributed by atoms with Gasteiger partial charge in [-0.05, 0) is 43.5 Å². The second-order valence-corrected chi connectivity index (χ2v) is 5.14. The third-order valence-corrected chi connectivity index (χ3v) is 3.52. The molecule has 0 aliphatic carbocycles. The fourth-order valence-electron chi connectivity index (χ4n) is 1.97. The average Bonchev–Trinajstić information content (AvgIpc) is 2.50. The summed E-state index contributed by atoms with van der Waals surface area (Å²) in [4.78, 5) is 14.1. The standard InChI is InChI=1S/C16H26N2O2/c1-4-18(16(19)10-5-13(2)11-17)12-14-6-8-15(20-3)9-7-14/h6-9,13H,4-5,10-12,17H2,1-3H3. The summed E-state index contributed by atoms with van der Waals surface area (Å²) in [5, 5.41) is 0. The van der Waals surface area contributed by atoms with Crippen LogP contribution in [0.2, 0.25) is 0 Å². The van der Waals surface area contributed by atoms with Gasteiger partial charge in [0, 0.05) is 19.5 Å². The van der Waals surface area contributed by atoms with Gasteiger partial charge >= 0.3 is 0 Å². The van der Waals surface area contributed by atoms with Crippen LogP contribution in [-0.4, -0.2) is 31.0 Å². The summed E-state index contributed by atoms with van der Waals surface area (Å²) in [6.45, 7) is 6.09. The van der Waals surface area contributed by atoms with Crippen LogP contribution >= 0.6 is 0 Å². The molecule has 20 heavy (non-hydrogen) atoms. The number of carbonyl (C=O) groups is 1. The Morgan fingerprint density at radius 1 is 1.35 bits per heavy atom. The molecule has 0 bridgehead atoms. The normalized spacial score (nSPS) is 12.0. The predicted octanol–water partition coefficient (Wildman–Crippen LogP) is 2.42. The van der Waals surface area contributed by atoms with E-state index in [0.29, 0.717) is 25.4 Å². The lowest BCUT2D eigenvalue weighted by Crippen LogP contribution is -2.30. The van der Waals surface area contributed by atoms with Gasteiger partial charge in [0.05, 0.1) is 7.11 Å². The summed E-state index contributed by atoms with van der Waals surface area (Å²) in [6.07, 6.45) is 1.43. The van der Waals surface area contributed by atoms with Crippen molar-refractivity contribution < 1.29 is 9.53 Å². The Morgan fingerprint density at radius 3 is 2.50 bits per heavy atom. The van der Waals surface area contributed by atoms with Gasteiger partial charge < -0.3 is 15.4 Å². The van der Waals surface area contributed by atoms with Gasteiger partial charge in [0.2, 0.25) is 5.91 Å². The topological polar surface area (TPSA) is 55.6 Å². The van der Waals surface area contributed by atoms with Crippen molar-refractivity contribution in [3.05, 3.63) is 29.8 Å². The van der Waals surface area contributed by atoms with Crippen molar-refractivity contribution in [3.63, 3.8) is 0 Å². The number of ether oxygens (including phenoxy) is 1. The zero-order valence-electron chi connectivity index (χ0n) is 12.8. The van der Waals surface area contributed by atoms with Crippen LogP contribution in [-0.2, 0) is 11.3 Å². The SMILES string of the molecule is CCN(Cc1ccc(OC)cc1)C(=O)CCC(C)CN. The minimum absolute atomic E-state index is 0.198. The Balaban J connectivity index is 2.54. The van der Waals surface area contributed by atoms with Crippen molar-refractivity contribution in [3.8, 4) is 5.75 Å². The molecule has 2 N–H and O–H groups in total. The summed E-state index contributed by atoms with van der Waals surface area (Å²) in [5.41, 5.74) is 6.70. The van der Waals surface area contributed by atoms with Crippen LogP contribution < -0.4 is 10.5 Å². The van der Waals surface area contributed by atoms with Crippen LogP contribution in [0.25, 0.3) is 0 Å². The first-order chi connectivity index (χ1) is 9.60. The van der Waals surface area contributed by atoms with Crippen LogP contribution in [0, 0.1) is 5.92 Å². The number of benzene rings is 1. The molecule has 1 rings (SSSR count). The quantitative estimate of drug-likeness (QED) is 0.794. The molecule has 1 atom stereocenters. The molecule has 0 saturated heterocycles. The fraction of sp³-hybridized carbons (Fsp3) is 0.562. The minimum Gasteiger partial charge on any atom is -0.497 e. The zero-order chi connectivity index (χ0) is 15.0. The van der Waals surface area contributed by atoms with Crippen molar-refractivity contribution in [2.45, 2.75) is 33.2 Å². The molecule has 0 heterocycles. The van der Waals surface area contributed by atoms with Crippen LogP contribution in [0.1, 0.15) is 32.3 Å². The number of methoxy groups -OCH3 is 1. The van der Waals surface area contributed by atoms with Crippen molar-refractivity contribution in [2.75, 3.05) is 20.2 Å². The van der Waals surface area contributed by atoms with E-state index in [-0.39, 0.29) is 5.91 Å². The Hall–Kier alpha value is -1.55. The van der Waals surface area contributed by atoms with Crippen molar-refractivity contribution in [1.29, 1.82) is 0 Å². The molecule has 0 aliphatic heterocycles. The summed E-state index contributed by atoms with van der Waals surface area (Å²) < 4.78 is 5.13. The highest BCUT2D eigenvalue weighted by atomic mass is 16.5. The Morgan fingerprint density at radius 2 is 2.00 bits per heavy atom. The molecule has 4 heteroatoms. The molecule has 4 nitrogen and oxygen atoms in total. The van der Waals surface area contributed by atoms with E-state index in [1.165, 1.54) is 0 Å². The van der Waals surface area contributed by atoms with E-state index in [1.54, 1.807) is 7.11 Å². The second-order valence-electron chi connectivity index (χ2n) is 5.14. The number of rotatable bonds is 8. The van der Waals surface area contributed by atoms with Gasteiger partial charge in [-0.15, -0.1) is 0 Å². The van der Waals surface area contributed by atoms with Gasteiger partial charge in [-0.3, -0.25) is 4.79 Å². The maximum atomic E-state index is 12.2. The third-order valence-electron chi connectivity index (χ3n) is 3.52. The average molecular weight is 278 g/mol. The molecule has 1 aromatic carbocycles. The smallest absolute Gasteiger partial charge is 0.222 e. The van der Waals surface area contributed by atoms with E-state index in [0.717, 1.165) is 24.3 Å². The first kappa shape index (κ1) is 16.5. The monoisotopic (exact) mass is 278 g/mol. The highest BCUT2D eigenvalue weighted by Gasteiger charge is 2.13. The largest absolute Gasteiger partial charge is 0.497 e. The lowest BCUT2D eigenvalue weighted by atomic mass is 10.1. The Labute approximate surface area is 121 Å². The number of carbonyl (C=O) groups excluding carboxylic acids is 1. The van der Waals surface area contributed by atoms with Gasteiger partial charge in [0.1, 0.15) is 5.75 Å². The molecular weight excluding hydrogens is 252 g/mol. The van der Waals surface area contributed by atoms with E-state index in [1.807, 2.05) is 36.1 Å². The van der Waals surface area contributed by atoms with Gasteiger partial charge in [-0.2, -0.15) is 0 Å². The molecule has 112 valence electrons. The van der Waals surface area contributed by atoms with Crippen molar-refractivity contribution in [2.24, 2.45) is 11.7 Å². The van der Waals surface area contributed by atoms with Crippen molar-refractivity contribution >= 4 is 5.91 Å². The van der Waals surface area contributed by atoms with Crippen LogP contribution in [0.4, 0.5) is 0 Å². The zero-order valence-corrected chi connectivity index (χ0v) is 12.8. The summed E-state index contributed by atoms with van der Waals surface area (Å²) in [5.74, 6) is 1.43. The molecule has 0 saturated carbocycles. The lowest BCUT2D eigenvalue weighted by Gasteiger charge is -2.22. The van der Waals surface area contributed by atoms with Crippen LogP contribution in [0.5, 0.6) is 5.75 Å². The summed E-state index contributed by atoms with van der Waals surface area (Å²) >= 11 is 0.